The van der Waals surface area contributed by atoms with E-state index < -0.39 is 10.5 Å². The Kier molecular flexibility index (Phi) is 3.50. The van der Waals surface area contributed by atoms with E-state index in [-0.39, 0.29) is 5.69 Å². The van der Waals surface area contributed by atoms with Gasteiger partial charge in [-0.3, -0.25) is 10.1 Å². The minimum absolute atomic E-state index is 0.0435. The highest BCUT2D eigenvalue weighted by atomic mass is 16.6. The number of azo groups is 1. The molecule has 0 aromatic heterocycles. The van der Waals surface area contributed by atoms with Gasteiger partial charge in [-0.25, -0.2) is 0 Å². The molecule has 0 spiro atoms. The first kappa shape index (κ1) is 12.0. The van der Waals surface area contributed by atoms with Crippen molar-refractivity contribution in [3.63, 3.8) is 0 Å². The van der Waals surface area contributed by atoms with Gasteiger partial charge in [0.2, 0.25) is 0 Å². The lowest BCUT2D eigenvalue weighted by Gasteiger charge is -2.10. The number of nitro benzene ring substituents is 1. The molecule has 0 heterocycles. The molecule has 0 bridgehead atoms. The molecule has 5 nitrogen and oxygen atoms in total. The highest BCUT2D eigenvalue weighted by Crippen LogP contribution is 2.20. The van der Waals surface area contributed by atoms with Gasteiger partial charge in [-0.05, 0) is 26.0 Å². The Morgan fingerprint density at radius 2 is 1.94 bits per heavy atom. The second-order valence-corrected chi connectivity index (χ2v) is 3.83. The first-order chi connectivity index (χ1) is 7.44. The van der Waals surface area contributed by atoms with Crippen LogP contribution in [0.25, 0.3) is 0 Å². The summed E-state index contributed by atoms with van der Waals surface area (Å²) in [4.78, 5) is 9.96. The van der Waals surface area contributed by atoms with Crippen LogP contribution in [-0.2, 0) is 0 Å². The molecule has 5 heteroatoms. The largest absolute Gasteiger partial charge is 0.269 e. The highest BCUT2D eigenvalue weighted by Gasteiger charge is 2.10. The quantitative estimate of drug-likeness (QED) is 0.335. The third-order valence-electron chi connectivity index (χ3n) is 1.98. The molecule has 0 N–H and O–H groups in total. The van der Waals surface area contributed by atoms with Gasteiger partial charge in [-0.1, -0.05) is 6.08 Å². The summed E-state index contributed by atoms with van der Waals surface area (Å²) >= 11 is 0. The van der Waals surface area contributed by atoms with Crippen LogP contribution >= 0.6 is 0 Å². The van der Waals surface area contributed by atoms with Gasteiger partial charge in [0.05, 0.1) is 16.1 Å². The van der Waals surface area contributed by atoms with Gasteiger partial charge >= 0.3 is 0 Å². The standard InChI is InChI=1S/C11H13N3O2/c1-4-11(2,3)13-12-9-5-7-10(8-6-9)14(15)16/h4-8H,1H2,2-3H3. The summed E-state index contributed by atoms with van der Waals surface area (Å²) in [5, 5.41) is 18.5. The van der Waals surface area contributed by atoms with Crippen molar-refractivity contribution in [3.8, 4) is 0 Å². The van der Waals surface area contributed by atoms with E-state index >= 15 is 0 Å². The lowest BCUT2D eigenvalue weighted by atomic mass is 10.1. The molecule has 0 aliphatic rings. The van der Waals surface area contributed by atoms with E-state index in [1.165, 1.54) is 12.1 Å². The summed E-state index contributed by atoms with van der Waals surface area (Å²) in [5.41, 5.74) is 0.198. The van der Waals surface area contributed by atoms with E-state index in [2.05, 4.69) is 16.8 Å². The molecule has 0 atom stereocenters. The molecule has 16 heavy (non-hydrogen) atoms. The monoisotopic (exact) mass is 219 g/mol. The highest BCUT2D eigenvalue weighted by molar-refractivity contribution is 5.43. The summed E-state index contributed by atoms with van der Waals surface area (Å²) in [6, 6.07) is 5.91. The first-order valence-corrected chi connectivity index (χ1v) is 4.75. The Bertz CT molecular complexity index is 421. The maximum Gasteiger partial charge on any atom is 0.269 e. The third kappa shape index (κ3) is 3.27. The van der Waals surface area contributed by atoms with Crippen LogP contribution < -0.4 is 0 Å². The zero-order valence-electron chi connectivity index (χ0n) is 9.25. The molecule has 0 amide bonds. The van der Waals surface area contributed by atoms with Crippen LogP contribution in [0.5, 0.6) is 0 Å². The molecular formula is C11H13N3O2. The number of hydrogen-bond acceptors (Lipinski definition) is 4. The average Bonchev–Trinajstić information content (AvgIpc) is 2.27. The molecule has 0 fully saturated rings. The van der Waals surface area contributed by atoms with Gasteiger partial charge in [0.25, 0.3) is 5.69 Å². The lowest BCUT2D eigenvalue weighted by molar-refractivity contribution is -0.384. The minimum Gasteiger partial charge on any atom is -0.258 e. The van der Waals surface area contributed by atoms with E-state index in [4.69, 9.17) is 0 Å². The van der Waals surface area contributed by atoms with Gasteiger partial charge in [0.1, 0.15) is 0 Å². The molecule has 1 aromatic rings. The van der Waals surface area contributed by atoms with E-state index in [9.17, 15) is 10.1 Å². The Morgan fingerprint density at radius 1 is 1.38 bits per heavy atom. The second-order valence-electron chi connectivity index (χ2n) is 3.83. The van der Waals surface area contributed by atoms with Gasteiger partial charge in [0, 0.05) is 12.1 Å². The van der Waals surface area contributed by atoms with Crippen LogP contribution in [0, 0.1) is 10.1 Å². The summed E-state index contributed by atoms with van der Waals surface area (Å²) < 4.78 is 0. The van der Waals surface area contributed by atoms with Crippen LogP contribution in [0.3, 0.4) is 0 Å². The fourth-order valence-electron chi connectivity index (χ4n) is 0.868. The normalized spacial score (nSPS) is 11.6. The van der Waals surface area contributed by atoms with E-state index in [0.717, 1.165) is 0 Å². The maximum absolute atomic E-state index is 10.4. The average molecular weight is 219 g/mol. The summed E-state index contributed by atoms with van der Waals surface area (Å²) in [6.07, 6.45) is 1.68. The molecule has 84 valence electrons. The fraction of sp³-hybridized carbons (Fsp3) is 0.273. The van der Waals surface area contributed by atoms with Crippen LogP contribution in [-0.4, -0.2) is 10.5 Å². The molecule has 0 saturated carbocycles. The zero-order valence-corrected chi connectivity index (χ0v) is 9.25. The number of hydrogen-bond donors (Lipinski definition) is 0. The van der Waals surface area contributed by atoms with Gasteiger partial charge in [-0.2, -0.15) is 10.2 Å². The van der Waals surface area contributed by atoms with E-state index in [1.807, 2.05) is 13.8 Å². The molecule has 0 unspecified atom stereocenters. The third-order valence-corrected chi connectivity index (χ3v) is 1.98. The molecule has 1 rings (SSSR count). The Hall–Kier alpha value is -2.04. The lowest BCUT2D eigenvalue weighted by Crippen LogP contribution is -2.09. The number of rotatable bonds is 4. The van der Waals surface area contributed by atoms with Crippen molar-refractivity contribution in [2.75, 3.05) is 0 Å². The van der Waals surface area contributed by atoms with Gasteiger partial charge in [0.15, 0.2) is 0 Å². The first-order valence-electron chi connectivity index (χ1n) is 4.75. The SMILES string of the molecule is C=CC(C)(C)N=Nc1ccc([N+](=O)[O-])cc1. The van der Waals surface area contributed by atoms with Crippen LogP contribution in [0.2, 0.25) is 0 Å². The van der Waals surface area contributed by atoms with E-state index in [1.54, 1.807) is 18.2 Å². The molecule has 0 radical (unpaired) electrons. The molecular weight excluding hydrogens is 206 g/mol. The minimum atomic E-state index is -0.450. The molecule has 0 saturated heterocycles. The van der Waals surface area contributed by atoms with Crippen LogP contribution in [0.15, 0.2) is 47.1 Å². The van der Waals surface area contributed by atoms with Gasteiger partial charge < -0.3 is 0 Å². The summed E-state index contributed by atoms with van der Waals surface area (Å²) in [6.45, 7) is 7.38. The Balaban J connectivity index is 2.84. The number of benzene rings is 1. The van der Waals surface area contributed by atoms with Crippen molar-refractivity contribution in [1.82, 2.24) is 0 Å². The fourth-order valence-corrected chi connectivity index (χ4v) is 0.868. The second kappa shape index (κ2) is 4.65. The number of nitro groups is 1. The van der Waals surface area contributed by atoms with Crippen molar-refractivity contribution in [2.24, 2.45) is 10.2 Å². The van der Waals surface area contributed by atoms with Crippen molar-refractivity contribution in [2.45, 2.75) is 19.4 Å². The van der Waals surface area contributed by atoms with Gasteiger partial charge in [-0.15, -0.1) is 6.58 Å². The predicted molar refractivity (Wildman–Crippen MR) is 61.9 cm³/mol. The summed E-state index contributed by atoms with van der Waals surface area (Å²) in [5.74, 6) is 0. The number of non-ortho nitro benzene ring substituents is 1. The molecule has 0 aliphatic heterocycles. The Morgan fingerprint density at radius 3 is 2.38 bits per heavy atom. The molecule has 1 aromatic carbocycles. The van der Waals surface area contributed by atoms with Crippen molar-refractivity contribution < 1.29 is 4.92 Å². The Labute approximate surface area is 93.7 Å². The van der Waals surface area contributed by atoms with Crippen molar-refractivity contribution in [3.05, 3.63) is 47.0 Å². The molecule has 0 aliphatic carbocycles. The number of nitrogens with zero attached hydrogens (tertiary/aromatic N) is 3. The van der Waals surface area contributed by atoms with Crippen molar-refractivity contribution >= 4 is 11.4 Å². The maximum atomic E-state index is 10.4. The van der Waals surface area contributed by atoms with Crippen LogP contribution in [0.1, 0.15) is 13.8 Å². The zero-order chi connectivity index (χ0) is 12.2. The van der Waals surface area contributed by atoms with Crippen LogP contribution in [0.4, 0.5) is 11.4 Å². The predicted octanol–water partition coefficient (Wildman–Crippen LogP) is 3.64. The summed E-state index contributed by atoms with van der Waals surface area (Å²) in [7, 11) is 0. The van der Waals surface area contributed by atoms with Crippen molar-refractivity contribution in [1.29, 1.82) is 0 Å². The van der Waals surface area contributed by atoms with E-state index in [0.29, 0.717) is 5.69 Å². The smallest absolute Gasteiger partial charge is 0.258 e. The topological polar surface area (TPSA) is 67.9 Å².